The molecule has 0 aliphatic carbocycles. The first-order valence-corrected chi connectivity index (χ1v) is 5.34. The first kappa shape index (κ1) is 14.3. The van der Waals surface area contributed by atoms with E-state index in [0.717, 1.165) is 0 Å². The van der Waals surface area contributed by atoms with Crippen LogP contribution in [0.5, 0.6) is 0 Å². The van der Waals surface area contributed by atoms with Crippen LogP contribution in [0.1, 0.15) is 20.8 Å². The van der Waals surface area contributed by atoms with Gasteiger partial charge in [0.15, 0.2) is 6.10 Å². The molecule has 0 spiro atoms. The zero-order chi connectivity index (χ0) is 13.2. The maximum absolute atomic E-state index is 11.4. The third-order valence-electron chi connectivity index (χ3n) is 2.18. The van der Waals surface area contributed by atoms with Gasteiger partial charge in [0.25, 0.3) is 0 Å². The van der Waals surface area contributed by atoms with E-state index in [2.05, 4.69) is 0 Å². The Morgan fingerprint density at radius 3 is 2.47 bits per heavy atom. The SMILES string of the molecule is [B][C@@H]1O[C@H](CO)C(O)[C@@H]1OC(=O)OC(C)(C)C. The fourth-order valence-corrected chi connectivity index (χ4v) is 1.44. The Balaban J connectivity index is 2.54. The summed E-state index contributed by atoms with van der Waals surface area (Å²) in [7, 11) is 5.52. The first-order valence-electron chi connectivity index (χ1n) is 5.34. The summed E-state index contributed by atoms with van der Waals surface area (Å²) in [6, 6.07) is -0.977. The Hall–Kier alpha value is -0.785. The van der Waals surface area contributed by atoms with Gasteiger partial charge in [-0.25, -0.2) is 4.79 Å². The second kappa shape index (κ2) is 5.24. The van der Waals surface area contributed by atoms with Crippen molar-refractivity contribution in [2.45, 2.75) is 50.7 Å². The predicted octanol–water partition coefficient (Wildman–Crippen LogP) is -0.447. The Kier molecular flexibility index (Phi) is 4.40. The monoisotopic (exact) mass is 244 g/mol. The molecule has 0 amide bonds. The molecule has 1 heterocycles. The molecule has 1 aliphatic rings. The summed E-state index contributed by atoms with van der Waals surface area (Å²) in [4.78, 5) is 11.4. The molecule has 1 rings (SSSR count). The lowest BCUT2D eigenvalue weighted by Crippen LogP contribution is -2.39. The van der Waals surface area contributed by atoms with E-state index in [-0.39, 0.29) is 0 Å². The van der Waals surface area contributed by atoms with Crippen molar-refractivity contribution in [3.8, 4) is 0 Å². The smallest absolute Gasteiger partial charge is 0.429 e. The number of aliphatic hydroxyl groups is 2. The van der Waals surface area contributed by atoms with Crippen LogP contribution >= 0.6 is 0 Å². The van der Waals surface area contributed by atoms with E-state index >= 15 is 0 Å². The van der Waals surface area contributed by atoms with Crippen LogP contribution in [0.3, 0.4) is 0 Å². The van der Waals surface area contributed by atoms with E-state index < -0.39 is 42.7 Å². The highest BCUT2D eigenvalue weighted by atomic mass is 16.7. The Morgan fingerprint density at radius 2 is 2.06 bits per heavy atom. The summed E-state index contributed by atoms with van der Waals surface area (Å²) >= 11 is 0. The van der Waals surface area contributed by atoms with Crippen LogP contribution in [0.15, 0.2) is 0 Å². The average molecular weight is 244 g/mol. The molecule has 1 saturated heterocycles. The quantitative estimate of drug-likeness (QED) is 0.505. The van der Waals surface area contributed by atoms with Gasteiger partial charge in [0, 0.05) is 0 Å². The van der Waals surface area contributed by atoms with Gasteiger partial charge in [0.05, 0.1) is 12.6 Å². The lowest BCUT2D eigenvalue weighted by Gasteiger charge is -2.23. The Morgan fingerprint density at radius 1 is 1.47 bits per heavy atom. The summed E-state index contributed by atoms with van der Waals surface area (Å²) in [5.74, 6) is 0. The van der Waals surface area contributed by atoms with E-state index in [1.807, 2.05) is 0 Å². The van der Waals surface area contributed by atoms with Crippen molar-refractivity contribution >= 4 is 14.0 Å². The van der Waals surface area contributed by atoms with E-state index in [1.54, 1.807) is 20.8 Å². The van der Waals surface area contributed by atoms with Crippen molar-refractivity contribution in [2.75, 3.05) is 6.61 Å². The van der Waals surface area contributed by atoms with Crippen molar-refractivity contribution in [3.05, 3.63) is 0 Å². The van der Waals surface area contributed by atoms with Crippen LogP contribution in [0.25, 0.3) is 0 Å². The van der Waals surface area contributed by atoms with Gasteiger partial charge in [-0.15, -0.1) is 0 Å². The van der Waals surface area contributed by atoms with Gasteiger partial charge in [0.1, 0.15) is 25.7 Å². The zero-order valence-corrected chi connectivity index (χ0v) is 10.1. The lowest BCUT2D eigenvalue weighted by molar-refractivity contribution is -0.0529. The van der Waals surface area contributed by atoms with Crippen LogP contribution in [-0.4, -0.2) is 60.7 Å². The third-order valence-corrected chi connectivity index (χ3v) is 2.18. The van der Waals surface area contributed by atoms with Gasteiger partial charge in [-0.05, 0) is 20.8 Å². The molecule has 2 radical (unpaired) electrons. The van der Waals surface area contributed by atoms with Gasteiger partial charge in [-0.2, -0.15) is 0 Å². The lowest BCUT2D eigenvalue weighted by atomic mass is 9.93. The normalized spacial score (nSPS) is 33.5. The highest BCUT2D eigenvalue weighted by Crippen LogP contribution is 2.23. The minimum atomic E-state index is -1.16. The number of rotatable bonds is 2. The van der Waals surface area contributed by atoms with Crippen LogP contribution in [-0.2, 0) is 14.2 Å². The molecule has 2 N–H and O–H groups in total. The van der Waals surface area contributed by atoms with Crippen molar-refractivity contribution in [2.24, 2.45) is 0 Å². The molecule has 0 bridgehead atoms. The molecular weight excluding hydrogens is 227 g/mol. The van der Waals surface area contributed by atoms with Crippen LogP contribution in [0.4, 0.5) is 4.79 Å². The number of carbonyl (C=O) groups excluding carboxylic acids is 1. The van der Waals surface area contributed by atoms with Crippen LogP contribution in [0.2, 0.25) is 0 Å². The van der Waals surface area contributed by atoms with Gasteiger partial charge >= 0.3 is 6.16 Å². The molecule has 7 heteroatoms. The highest BCUT2D eigenvalue weighted by Gasteiger charge is 2.43. The summed E-state index contributed by atoms with van der Waals surface area (Å²) in [5.41, 5.74) is -0.692. The average Bonchev–Trinajstić information content (AvgIpc) is 2.42. The van der Waals surface area contributed by atoms with Gasteiger partial charge in [-0.3, -0.25) is 0 Å². The number of aliphatic hydroxyl groups excluding tert-OH is 2. The second-order valence-corrected chi connectivity index (χ2v) is 4.86. The molecule has 1 unspecified atom stereocenters. The van der Waals surface area contributed by atoms with Crippen molar-refractivity contribution in [3.63, 3.8) is 0 Å². The molecule has 1 fully saturated rings. The Labute approximate surface area is 101 Å². The summed E-state index contributed by atoms with van der Waals surface area (Å²) < 4.78 is 14.8. The van der Waals surface area contributed by atoms with E-state index in [1.165, 1.54) is 0 Å². The largest absolute Gasteiger partial charge is 0.509 e. The van der Waals surface area contributed by atoms with Gasteiger partial charge < -0.3 is 24.4 Å². The minimum absolute atomic E-state index is 0.400. The van der Waals surface area contributed by atoms with E-state index in [4.69, 9.17) is 27.2 Å². The van der Waals surface area contributed by atoms with Gasteiger partial charge in [-0.1, -0.05) is 0 Å². The van der Waals surface area contributed by atoms with E-state index in [0.29, 0.717) is 0 Å². The van der Waals surface area contributed by atoms with Crippen LogP contribution < -0.4 is 0 Å². The fourth-order valence-electron chi connectivity index (χ4n) is 1.44. The van der Waals surface area contributed by atoms with Crippen molar-refractivity contribution in [1.29, 1.82) is 0 Å². The fraction of sp³-hybridized carbons (Fsp3) is 0.900. The summed E-state index contributed by atoms with van der Waals surface area (Å²) in [6.07, 6.45) is -3.99. The highest BCUT2D eigenvalue weighted by molar-refractivity contribution is 6.11. The van der Waals surface area contributed by atoms with Crippen molar-refractivity contribution in [1.82, 2.24) is 0 Å². The number of carbonyl (C=O) groups is 1. The first-order chi connectivity index (χ1) is 7.74. The van der Waals surface area contributed by atoms with Gasteiger partial charge in [0.2, 0.25) is 0 Å². The van der Waals surface area contributed by atoms with E-state index in [9.17, 15) is 9.90 Å². The number of hydrogen-bond acceptors (Lipinski definition) is 6. The maximum atomic E-state index is 11.4. The molecule has 0 aromatic rings. The van der Waals surface area contributed by atoms with Crippen molar-refractivity contribution < 1.29 is 29.2 Å². The Bertz CT molecular complexity index is 276. The summed E-state index contributed by atoms with van der Waals surface area (Å²) in [5, 5.41) is 18.5. The molecule has 6 nitrogen and oxygen atoms in total. The molecular formula is C10H17BO6. The van der Waals surface area contributed by atoms with Crippen LogP contribution in [0, 0.1) is 0 Å². The minimum Gasteiger partial charge on any atom is -0.429 e. The third kappa shape index (κ3) is 3.87. The zero-order valence-electron chi connectivity index (χ0n) is 10.1. The molecule has 1 aliphatic heterocycles. The number of hydrogen-bond donors (Lipinski definition) is 2. The molecule has 4 atom stereocenters. The number of ether oxygens (including phenoxy) is 3. The predicted molar refractivity (Wildman–Crippen MR) is 58.6 cm³/mol. The second-order valence-electron chi connectivity index (χ2n) is 4.86. The molecule has 96 valence electrons. The molecule has 17 heavy (non-hydrogen) atoms. The topological polar surface area (TPSA) is 85.2 Å². The molecule has 0 aromatic heterocycles. The standard InChI is InChI=1S/C10H17BO6/c1-10(2,3)17-9(14)16-7-6(13)5(4-12)15-8(7)11/h5-8,12-13H,4H2,1-3H3/t5-,6?,7+,8-/m1/s1. The molecule has 0 aromatic carbocycles. The maximum Gasteiger partial charge on any atom is 0.509 e. The summed E-state index contributed by atoms with van der Waals surface area (Å²) in [6.45, 7) is 4.66. The molecule has 0 saturated carbocycles.